The van der Waals surface area contributed by atoms with Gasteiger partial charge in [0.2, 0.25) is 5.91 Å². The first kappa shape index (κ1) is 12.4. The minimum atomic E-state index is -0.702. The first-order valence-electron chi connectivity index (χ1n) is 6.43. The van der Waals surface area contributed by atoms with Gasteiger partial charge in [0.15, 0.2) is 0 Å². The molecule has 2 aliphatic rings. The van der Waals surface area contributed by atoms with Gasteiger partial charge in [0, 0.05) is 6.04 Å². The molecule has 0 bridgehead atoms. The van der Waals surface area contributed by atoms with Crippen LogP contribution in [-0.4, -0.2) is 35.6 Å². The van der Waals surface area contributed by atoms with Crippen LogP contribution >= 0.6 is 0 Å². The summed E-state index contributed by atoms with van der Waals surface area (Å²) in [7, 11) is 0. The predicted octanol–water partition coefficient (Wildman–Crippen LogP) is 0.498. The van der Waals surface area contributed by atoms with Crippen LogP contribution in [0.5, 0.6) is 0 Å². The molecular weight excluding hydrogens is 220 g/mol. The van der Waals surface area contributed by atoms with Crippen LogP contribution in [0.25, 0.3) is 0 Å². The molecule has 2 fully saturated rings. The third-order valence-electron chi connectivity index (χ3n) is 3.80. The minimum absolute atomic E-state index is 0.0350. The van der Waals surface area contributed by atoms with Crippen LogP contribution in [0.2, 0.25) is 0 Å². The number of carboxylic acids is 1. The van der Waals surface area contributed by atoms with E-state index in [-0.39, 0.29) is 23.9 Å². The first-order chi connectivity index (χ1) is 8.16. The van der Waals surface area contributed by atoms with E-state index in [1.165, 1.54) is 0 Å². The van der Waals surface area contributed by atoms with Crippen molar-refractivity contribution in [2.75, 3.05) is 6.54 Å². The zero-order valence-electron chi connectivity index (χ0n) is 9.95. The first-order valence-corrected chi connectivity index (χ1v) is 6.43. The highest BCUT2D eigenvalue weighted by molar-refractivity contribution is 5.82. The van der Waals surface area contributed by atoms with E-state index in [9.17, 15) is 9.59 Å². The Morgan fingerprint density at radius 2 is 1.82 bits per heavy atom. The summed E-state index contributed by atoms with van der Waals surface area (Å²) in [5.74, 6) is -0.832. The summed E-state index contributed by atoms with van der Waals surface area (Å²) in [6.45, 7) is 0.920. The summed E-state index contributed by atoms with van der Waals surface area (Å²) in [6, 6.07) is 0.132. The lowest BCUT2D eigenvalue weighted by Crippen LogP contribution is -2.46. The number of carboxylic acid groups (broad SMARTS) is 1. The maximum Gasteiger partial charge on any atom is 0.306 e. The molecule has 3 N–H and O–H groups in total. The highest BCUT2D eigenvalue weighted by Crippen LogP contribution is 2.24. The third kappa shape index (κ3) is 3.19. The quantitative estimate of drug-likeness (QED) is 0.671. The molecule has 1 saturated heterocycles. The molecular formula is C12H20N2O3. The average molecular weight is 240 g/mol. The Bertz CT molecular complexity index is 292. The van der Waals surface area contributed by atoms with E-state index in [2.05, 4.69) is 10.6 Å². The van der Waals surface area contributed by atoms with E-state index in [4.69, 9.17) is 5.11 Å². The number of hydrogen-bond acceptors (Lipinski definition) is 3. The van der Waals surface area contributed by atoms with Crippen molar-refractivity contribution in [3.05, 3.63) is 0 Å². The van der Waals surface area contributed by atoms with Crippen LogP contribution in [0.1, 0.15) is 38.5 Å². The van der Waals surface area contributed by atoms with Crippen molar-refractivity contribution in [1.29, 1.82) is 0 Å². The maximum atomic E-state index is 11.8. The van der Waals surface area contributed by atoms with Crippen molar-refractivity contribution in [2.24, 2.45) is 5.92 Å². The van der Waals surface area contributed by atoms with Gasteiger partial charge >= 0.3 is 5.97 Å². The molecule has 0 radical (unpaired) electrons. The number of aliphatic carboxylic acids is 1. The van der Waals surface area contributed by atoms with Crippen molar-refractivity contribution in [3.8, 4) is 0 Å². The Hall–Kier alpha value is -1.10. The van der Waals surface area contributed by atoms with Crippen LogP contribution in [0.15, 0.2) is 0 Å². The van der Waals surface area contributed by atoms with E-state index in [1.54, 1.807) is 0 Å². The smallest absolute Gasteiger partial charge is 0.306 e. The highest BCUT2D eigenvalue weighted by Gasteiger charge is 2.29. The molecule has 2 rings (SSSR count). The molecule has 5 heteroatoms. The van der Waals surface area contributed by atoms with Gasteiger partial charge in [-0.2, -0.15) is 0 Å². The normalized spacial score (nSPS) is 33.3. The van der Waals surface area contributed by atoms with Gasteiger partial charge in [-0.1, -0.05) is 0 Å². The largest absolute Gasteiger partial charge is 0.481 e. The van der Waals surface area contributed by atoms with E-state index >= 15 is 0 Å². The summed E-state index contributed by atoms with van der Waals surface area (Å²) >= 11 is 0. The molecule has 1 aliphatic carbocycles. The van der Waals surface area contributed by atoms with E-state index in [0.717, 1.165) is 32.2 Å². The van der Waals surface area contributed by atoms with Crippen molar-refractivity contribution >= 4 is 11.9 Å². The zero-order chi connectivity index (χ0) is 12.3. The lowest BCUT2D eigenvalue weighted by Gasteiger charge is -2.27. The van der Waals surface area contributed by atoms with E-state index in [0.29, 0.717) is 12.8 Å². The second-order valence-electron chi connectivity index (χ2n) is 5.04. The topological polar surface area (TPSA) is 78.4 Å². The summed E-state index contributed by atoms with van der Waals surface area (Å²) < 4.78 is 0. The highest BCUT2D eigenvalue weighted by atomic mass is 16.4. The van der Waals surface area contributed by atoms with Crippen LogP contribution in [0, 0.1) is 5.92 Å². The summed E-state index contributed by atoms with van der Waals surface area (Å²) in [5, 5.41) is 15.1. The fourth-order valence-corrected chi connectivity index (χ4v) is 2.69. The van der Waals surface area contributed by atoms with Crippen LogP contribution < -0.4 is 10.6 Å². The number of nitrogens with one attached hydrogen (secondary N) is 2. The Morgan fingerprint density at radius 3 is 2.35 bits per heavy atom. The Kier molecular flexibility index (Phi) is 3.99. The second kappa shape index (κ2) is 5.49. The lowest BCUT2D eigenvalue weighted by atomic mass is 9.86. The van der Waals surface area contributed by atoms with Crippen LogP contribution in [0.3, 0.4) is 0 Å². The molecule has 1 heterocycles. The van der Waals surface area contributed by atoms with Crippen molar-refractivity contribution < 1.29 is 14.7 Å². The predicted molar refractivity (Wildman–Crippen MR) is 62.5 cm³/mol. The number of amides is 1. The fourth-order valence-electron chi connectivity index (χ4n) is 2.69. The molecule has 0 aromatic carbocycles. The molecule has 1 saturated carbocycles. The Balaban J connectivity index is 1.74. The van der Waals surface area contributed by atoms with Crippen LogP contribution in [0.4, 0.5) is 0 Å². The molecule has 1 atom stereocenters. The van der Waals surface area contributed by atoms with Crippen molar-refractivity contribution in [3.63, 3.8) is 0 Å². The van der Waals surface area contributed by atoms with Gasteiger partial charge in [0.05, 0.1) is 12.0 Å². The standard InChI is InChI=1S/C12H20N2O3/c15-11(10-2-1-7-13-10)14-9-5-3-8(4-6-9)12(16)17/h8-10,13H,1-7H2,(H,14,15)(H,16,17)/t8?,9?,10-/m1/s1. The van der Waals surface area contributed by atoms with Crippen molar-refractivity contribution in [1.82, 2.24) is 10.6 Å². The number of hydrogen-bond donors (Lipinski definition) is 3. The number of carbonyl (C=O) groups excluding carboxylic acids is 1. The second-order valence-corrected chi connectivity index (χ2v) is 5.04. The zero-order valence-corrected chi connectivity index (χ0v) is 9.95. The van der Waals surface area contributed by atoms with E-state index < -0.39 is 5.97 Å². The van der Waals surface area contributed by atoms with Crippen LogP contribution in [-0.2, 0) is 9.59 Å². The molecule has 17 heavy (non-hydrogen) atoms. The lowest BCUT2D eigenvalue weighted by molar-refractivity contribution is -0.142. The van der Waals surface area contributed by atoms with Crippen molar-refractivity contribution in [2.45, 2.75) is 50.6 Å². The SMILES string of the molecule is O=C(O)C1CCC(NC(=O)[C@H]2CCCN2)CC1. The monoisotopic (exact) mass is 240 g/mol. The maximum absolute atomic E-state index is 11.8. The van der Waals surface area contributed by atoms with Gasteiger partial charge in [0.1, 0.15) is 0 Å². The molecule has 96 valence electrons. The third-order valence-corrected chi connectivity index (χ3v) is 3.80. The average Bonchev–Trinajstić information content (AvgIpc) is 2.83. The van der Waals surface area contributed by atoms with Gasteiger partial charge in [-0.3, -0.25) is 9.59 Å². The number of carbonyl (C=O) groups is 2. The molecule has 0 spiro atoms. The van der Waals surface area contributed by atoms with Gasteiger partial charge in [0.25, 0.3) is 0 Å². The summed E-state index contributed by atoms with van der Waals surface area (Å²) in [4.78, 5) is 22.6. The molecule has 1 aliphatic heterocycles. The fraction of sp³-hybridized carbons (Fsp3) is 0.833. The molecule has 0 aromatic rings. The molecule has 0 aromatic heterocycles. The Labute approximate surface area is 101 Å². The van der Waals surface area contributed by atoms with Gasteiger partial charge in [-0.15, -0.1) is 0 Å². The molecule has 5 nitrogen and oxygen atoms in total. The number of rotatable bonds is 3. The van der Waals surface area contributed by atoms with Gasteiger partial charge in [-0.05, 0) is 45.1 Å². The van der Waals surface area contributed by atoms with Gasteiger partial charge in [-0.25, -0.2) is 0 Å². The molecule has 0 unspecified atom stereocenters. The minimum Gasteiger partial charge on any atom is -0.481 e. The summed E-state index contributed by atoms with van der Waals surface area (Å²) in [6.07, 6.45) is 4.90. The van der Waals surface area contributed by atoms with E-state index in [1.807, 2.05) is 0 Å². The molecule has 1 amide bonds. The summed E-state index contributed by atoms with van der Waals surface area (Å²) in [5.41, 5.74) is 0. The van der Waals surface area contributed by atoms with Gasteiger partial charge < -0.3 is 15.7 Å². The Morgan fingerprint density at radius 1 is 1.12 bits per heavy atom.